The SMILES string of the molecule is CCCCNC(=O)[C@@H](C)N(Cc1ccc(Cl)cc1Cl)C(=O)Cc1ccccc1[N+](=O)[O-]. The molecular formula is C22H25Cl2N3O4. The summed E-state index contributed by atoms with van der Waals surface area (Å²) in [6.45, 7) is 4.22. The van der Waals surface area contributed by atoms with Crippen molar-refractivity contribution in [1.29, 1.82) is 0 Å². The summed E-state index contributed by atoms with van der Waals surface area (Å²) in [6, 6.07) is 10.2. The third kappa shape index (κ3) is 6.94. The number of rotatable bonds is 10. The van der Waals surface area contributed by atoms with Gasteiger partial charge in [-0.05, 0) is 31.0 Å². The average Bonchev–Trinajstić information content (AvgIpc) is 2.73. The van der Waals surface area contributed by atoms with Gasteiger partial charge in [-0.25, -0.2) is 0 Å². The van der Waals surface area contributed by atoms with Crippen LogP contribution < -0.4 is 5.32 Å². The molecule has 31 heavy (non-hydrogen) atoms. The van der Waals surface area contributed by atoms with Gasteiger partial charge in [-0.15, -0.1) is 0 Å². The fraction of sp³-hybridized carbons (Fsp3) is 0.364. The van der Waals surface area contributed by atoms with Crippen LogP contribution in [0.2, 0.25) is 10.0 Å². The van der Waals surface area contributed by atoms with E-state index >= 15 is 0 Å². The number of nitro groups is 1. The third-order valence-corrected chi connectivity index (χ3v) is 5.47. The van der Waals surface area contributed by atoms with E-state index in [1.54, 1.807) is 37.3 Å². The van der Waals surface area contributed by atoms with Crippen molar-refractivity contribution in [2.24, 2.45) is 0 Å². The van der Waals surface area contributed by atoms with E-state index in [4.69, 9.17) is 23.2 Å². The number of para-hydroxylation sites is 1. The third-order valence-electron chi connectivity index (χ3n) is 4.88. The van der Waals surface area contributed by atoms with Crippen molar-refractivity contribution in [3.63, 3.8) is 0 Å². The molecule has 0 aliphatic carbocycles. The first-order chi connectivity index (χ1) is 14.7. The second kappa shape index (κ2) is 11.7. The molecule has 9 heteroatoms. The Hall–Kier alpha value is -2.64. The molecule has 7 nitrogen and oxygen atoms in total. The zero-order valence-corrected chi connectivity index (χ0v) is 18.9. The van der Waals surface area contributed by atoms with Crippen LogP contribution in [0.4, 0.5) is 5.69 Å². The lowest BCUT2D eigenvalue weighted by molar-refractivity contribution is -0.385. The molecular weight excluding hydrogens is 441 g/mol. The Kier molecular flexibility index (Phi) is 9.27. The Morgan fingerprint density at radius 3 is 2.52 bits per heavy atom. The van der Waals surface area contributed by atoms with Crippen LogP contribution in [0.25, 0.3) is 0 Å². The van der Waals surface area contributed by atoms with Gasteiger partial charge in [0.15, 0.2) is 0 Å². The first-order valence-corrected chi connectivity index (χ1v) is 10.7. The van der Waals surface area contributed by atoms with E-state index in [9.17, 15) is 19.7 Å². The Balaban J connectivity index is 2.30. The molecule has 2 rings (SSSR count). The molecule has 2 aromatic rings. The van der Waals surface area contributed by atoms with Gasteiger partial charge in [0.1, 0.15) is 6.04 Å². The summed E-state index contributed by atoms with van der Waals surface area (Å²) in [7, 11) is 0. The standard InChI is InChI=1S/C22H25Cl2N3O4/c1-3-4-11-25-22(29)15(2)26(14-17-9-10-18(23)13-19(17)24)21(28)12-16-7-5-6-8-20(16)27(30)31/h5-10,13,15H,3-4,11-12,14H2,1-2H3,(H,25,29)/t15-/m1/s1. The van der Waals surface area contributed by atoms with Crippen LogP contribution >= 0.6 is 23.2 Å². The lowest BCUT2D eigenvalue weighted by atomic mass is 10.1. The second-order valence-electron chi connectivity index (χ2n) is 7.14. The van der Waals surface area contributed by atoms with Crippen LogP contribution in [0.3, 0.4) is 0 Å². The predicted molar refractivity (Wildman–Crippen MR) is 121 cm³/mol. The lowest BCUT2D eigenvalue weighted by Crippen LogP contribution is -2.48. The van der Waals surface area contributed by atoms with Gasteiger partial charge < -0.3 is 10.2 Å². The molecule has 0 saturated carbocycles. The van der Waals surface area contributed by atoms with Crippen LogP contribution in [0.1, 0.15) is 37.8 Å². The van der Waals surface area contributed by atoms with E-state index in [0.29, 0.717) is 22.2 Å². The highest BCUT2D eigenvalue weighted by Crippen LogP contribution is 2.25. The monoisotopic (exact) mass is 465 g/mol. The maximum atomic E-state index is 13.2. The van der Waals surface area contributed by atoms with Gasteiger partial charge in [-0.3, -0.25) is 19.7 Å². The van der Waals surface area contributed by atoms with Gasteiger partial charge >= 0.3 is 0 Å². The summed E-state index contributed by atoms with van der Waals surface area (Å²) in [6.07, 6.45) is 1.54. The fourth-order valence-corrected chi connectivity index (χ4v) is 3.52. The van der Waals surface area contributed by atoms with Gasteiger partial charge in [-0.1, -0.05) is 60.8 Å². The molecule has 0 fully saturated rings. The number of hydrogen-bond acceptors (Lipinski definition) is 4. The van der Waals surface area contributed by atoms with E-state index in [1.807, 2.05) is 6.92 Å². The summed E-state index contributed by atoms with van der Waals surface area (Å²) in [5, 5.41) is 15.0. The number of unbranched alkanes of at least 4 members (excludes halogenated alkanes) is 1. The average molecular weight is 466 g/mol. The van der Waals surface area contributed by atoms with Crippen molar-refractivity contribution in [3.05, 3.63) is 73.8 Å². The molecule has 166 valence electrons. The zero-order chi connectivity index (χ0) is 23.0. The molecule has 0 bridgehead atoms. The van der Waals surface area contributed by atoms with Crippen molar-refractivity contribution in [1.82, 2.24) is 10.2 Å². The minimum absolute atomic E-state index is 0.0673. The topological polar surface area (TPSA) is 92.6 Å². The molecule has 0 aromatic heterocycles. The number of nitrogens with one attached hydrogen (secondary N) is 1. The van der Waals surface area contributed by atoms with E-state index in [-0.39, 0.29) is 30.1 Å². The Morgan fingerprint density at radius 1 is 1.16 bits per heavy atom. The van der Waals surface area contributed by atoms with Crippen molar-refractivity contribution < 1.29 is 14.5 Å². The summed E-state index contributed by atoms with van der Waals surface area (Å²) in [5.74, 6) is -0.715. The first kappa shape index (κ1) is 24.6. The number of carbonyl (C=O) groups is 2. The van der Waals surface area contributed by atoms with E-state index in [2.05, 4.69) is 5.32 Å². The second-order valence-corrected chi connectivity index (χ2v) is 7.98. The van der Waals surface area contributed by atoms with E-state index < -0.39 is 16.9 Å². The summed E-state index contributed by atoms with van der Waals surface area (Å²) < 4.78 is 0. The van der Waals surface area contributed by atoms with Crippen LogP contribution in [-0.4, -0.2) is 34.2 Å². The largest absolute Gasteiger partial charge is 0.354 e. The quantitative estimate of drug-likeness (QED) is 0.310. The van der Waals surface area contributed by atoms with Gasteiger partial charge in [0, 0.05) is 34.8 Å². The number of nitrogens with zero attached hydrogens (tertiary/aromatic N) is 2. The number of hydrogen-bond donors (Lipinski definition) is 1. The van der Waals surface area contributed by atoms with Gasteiger partial charge in [0.2, 0.25) is 11.8 Å². The molecule has 0 spiro atoms. The predicted octanol–water partition coefficient (Wildman–Crippen LogP) is 4.78. The minimum atomic E-state index is -0.793. The number of benzene rings is 2. The van der Waals surface area contributed by atoms with Crippen molar-refractivity contribution in [2.45, 2.75) is 45.7 Å². The van der Waals surface area contributed by atoms with Crippen LogP contribution in [0, 0.1) is 10.1 Å². The number of nitro benzene ring substituents is 1. The molecule has 0 heterocycles. The van der Waals surface area contributed by atoms with Crippen molar-refractivity contribution in [2.75, 3.05) is 6.54 Å². The van der Waals surface area contributed by atoms with E-state index in [1.165, 1.54) is 17.0 Å². The highest BCUT2D eigenvalue weighted by atomic mass is 35.5. The van der Waals surface area contributed by atoms with Gasteiger partial charge in [-0.2, -0.15) is 0 Å². The van der Waals surface area contributed by atoms with Gasteiger partial charge in [0.25, 0.3) is 5.69 Å². The maximum absolute atomic E-state index is 13.2. The van der Waals surface area contributed by atoms with Crippen LogP contribution in [-0.2, 0) is 22.6 Å². The highest BCUT2D eigenvalue weighted by molar-refractivity contribution is 6.35. The molecule has 1 N–H and O–H groups in total. The van der Waals surface area contributed by atoms with Crippen LogP contribution in [0.5, 0.6) is 0 Å². The number of carbonyl (C=O) groups excluding carboxylic acids is 2. The molecule has 2 amide bonds. The van der Waals surface area contributed by atoms with Gasteiger partial charge in [0.05, 0.1) is 11.3 Å². The summed E-state index contributed by atoms with van der Waals surface area (Å²) >= 11 is 12.2. The van der Waals surface area contributed by atoms with E-state index in [0.717, 1.165) is 12.8 Å². The number of halogens is 2. The molecule has 0 unspecified atom stereocenters. The smallest absolute Gasteiger partial charge is 0.273 e. The normalized spacial score (nSPS) is 11.6. The molecule has 0 saturated heterocycles. The van der Waals surface area contributed by atoms with Crippen molar-refractivity contribution >= 4 is 40.7 Å². The maximum Gasteiger partial charge on any atom is 0.273 e. The molecule has 0 aliphatic rings. The lowest BCUT2D eigenvalue weighted by Gasteiger charge is -2.29. The van der Waals surface area contributed by atoms with Crippen molar-refractivity contribution in [3.8, 4) is 0 Å². The summed E-state index contributed by atoms with van der Waals surface area (Å²) in [5.41, 5.74) is 0.763. The summed E-state index contributed by atoms with van der Waals surface area (Å²) in [4.78, 5) is 38.0. The molecule has 1 atom stereocenters. The molecule has 0 radical (unpaired) electrons. The molecule has 0 aliphatic heterocycles. The Labute approximate surface area is 191 Å². The highest BCUT2D eigenvalue weighted by Gasteiger charge is 2.28. The fourth-order valence-electron chi connectivity index (χ4n) is 3.06. The first-order valence-electron chi connectivity index (χ1n) is 9.98. The zero-order valence-electron chi connectivity index (χ0n) is 17.4. The number of amides is 2. The Bertz CT molecular complexity index is 952. The van der Waals surface area contributed by atoms with Crippen LogP contribution in [0.15, 0.2) is 42.5 Å². The minimum Gasteiger partial charge on any atom is -0.354 e. The Morgan fingerprint density at radius 2 is 1.87 bits per heavy atom. The molecule has 2 aromatic carbocycles.